The van der Waals surface area contributed by atoms with E-state index in [2.05, 4.69) is 18.4 Å². The molecule has 0 aromatic heterocycles. The zero-order valence-corrected chi connectivity index (χ0v) is 17.2. The van der Waals surface area contributed by atoms with Crippen LogP contribution in [0.25, 0.3) is 0 Å². The van der Waals surface area contributed by atoms with Crippen molar-refractivity contribution in [3.8, 4) is 0 Å². The molecule has 0 saturated heterocycles. The van der Waals surface area contributed by atoms with Crippen molar-refractivity contribution in [2.24, 2.45) is 5.92 Å². The molecule has 0 N–H and O–H groups in total. The van der Waals surface area contributed by atoms with Crippen LogP contribution in [0.1, 0.15) is 32.8 Å². The van der Waals surface area contributed by atoms with Crippen LogP contribution in [0.4, 0.5) is 4.39 Å². The van der Waals surface area contributed by atoms with Crippen LogP contribution in [0.15, 0.2) is 60.7 Å². The molecule has 0 aliphatic rings. The molecule has 1 aromatic rings. The summed E-state index contributed by atoms with van der Waals surface area (Å²) in [7, 11) is 3.99. The third-order valence-corrected chi connectivity index (χ3v) is 4.53. The maximum absolute atomic E-state index is 13.4. The molecule has 1 rings (SSSR count). The van der Waals surface area contributed by atoms with Crippen LogP contribution >= 0.6 is 0 Å². The number of hydrogen-bond acceptors (Lipinski definition) is 3. The van der Waals surface area contributed by atoms with Crippen molar-refractivity contribution in [3.05, 3.63) is 72.1 Å². The monoisotopic (exact) mass is 372 g/mol. The van der Waals surface area contributed by atoms with Crippen LogP contribution in [0, 0.1) is 11.7 Å². The fourth-order valence-electron chi connectivity index (χ4n) is 3.28. The van der Waals surface area contributed by atoms with Crippen LogP contribution in [0.5, 0.6) is 0 Å². The Balaban J connectivity index is 3.57. The maximum atomic E-state index is 13.4. The van der Waals surface area contributed by atoms with Crippen LogP contribution in [-0.2, 0) is 16.0 Å². The van der Waals surface area contributed by atoms with E-state index in [1.165, 1.54) is 12.1 Å². The van der Waals surface area contributed by atoms with Crippen molar-refractivity contribution in [3.63, 3.8) is 0 Å². The van der Waals surface area contributed by atoms with Crippen LogP contribution in [-0.4, -0.2) is 37.1 Å². The van der Waals surface area contributed by atoms with Gasteiger partial charge in [0.05, 0.1) is 0 Å². The lowest BCUT2D eigenvalue weighted by atomic mass is 9.76. The Kier molecular flexibility index (Phi) is 9.16. The van der Waals surface area contributed by atoms with Crippen molar-refractivity contribution in [1.29, 1.82) is 0 Å². The smallest absolute Gasteiger partial charge is 0.306 e. The summed E-state index contributed by atoms with van der Waals surface area (Å²) >= 11 is 0. The topological polar surface area (TPSA) is 29.5 Å². The quantitative estimate of drug-likeness (QED) is 0.430. The highest BCUT2D eigenvalue weighted by Crippen LogP contribution is 2.36. The summed E-state index contributed by atoms with van der Waals surface area (Å²) in [6.45, 7) is 10.3. The van der Waals surface area contributed by atoms with Gasteiger partial charge in [0.25, 0.3) is 0 Å². The molecule has 0 fully saturated rings. The van der Waals surface area contributed by atoms with Gasteiger partial charge in [-0.3, -0.25) is 4.79 Å². The molecule has 148 valence electrons. The summed E-state index contributed by atoms with van der Waals surface area (Å²) in [5.41, 5.74) is 0.904. The van der Waals surface area contributed by atoms with E-state index in [-0.39, 0.29) is 24.1 Å². The summed E-state index contributed by atoms with van der Waals surface area (Å²) in [5, 5.41) is 0. The molecule has 4 heteroatoms. The van der Waals surface area contributed by atoms with Gasteiger partial charge in [-0.25, -0.2) is 4.39 Å². The molecule has 2 atom stereocenters. The normalized spacial score (nSPS) is 15.6. The summed E-state index contributed by atoms with van der Waals surface area (Å²) in [6.07, 6.45) is 8.22. The minimum Gasteiger partial charge on any atom is -0.453 e. The predicted octanol–water partition coefficient (Wildman–Crippen LogP) is 4.95. The number of rotatable bonds is 10. The van der Waals surface area contributed by atoms with E-state index in [4.69, 9.17) is 4.74 Å². The van der Waals surface area contributed by atoms with Crippen molar-refractivity contribution in [1.82, 2.24) is 4.90 Å². The van der Waals surface area contributed by atoms with E-state index >= 15 is 0 Å². The first kappa shape index (κ1) is 22.8. The summed E-state index contributed by atoms with van der Waals surface area (Å²) < 4.78 is 19.5. The van der Waals surface area contributed by atoms with Gasteiger partial charge in [0, 0.05) is 25.3 Å². The lowest BCUT2D eigenvalue weighted by Gasteiger charge is -2.41. The van der Waals surface area contributed by atoms with Crippen molar-refractivity contribution in [2.45, 2.75) is 39.2 Å². The zero-order chi connectivity index (χ0) is 20.4. The predicted molar refractivity (Wildman–Crippen MR) is 110 cm³/mol. The molecule has 0 heterocycles. The molecule has 0 spiro atoms. The molecular formula is C23H32FNO2. The molecule has 0 aliphatic carbocycles. The number of hydrogen-bond donors (Lipinski definition) is 0. The van der Waals surface area contributed by atoms with Gasteiger partial charge in [0.2, 0.25) is 0 Å². The van der Waals surface area contributed by atoms with E-state index in [9.17, 15) is 9.18 Å². The Morgan fingerprint density at radius 1 is 1.33 bits per heavy atom. The van der Waals surface area contributed by atoms with Crippen LogP contribution in [0.2, 0.25) is 0 Å². The van der Waals surface area contributed by atoms with Gasteiger partial charge in [-0.15, -0.1) is 0 Å². The van der Waals surface area contributed by atoms with Gasteiger partial charge in [0.1, 0.15) is 11.4 Å². The van der Waals surface area contributed by atoms with Gasteiger partial charge in [-0.05, 0) is 44.3 Å². The fraction of sp³-hybridized carbons (Fsp3) is 0.435. The Morgan fingerprint density at radius 2 is 1.96 bits per heavy atom. The SMILES string of the molecule is C=C/C=C(\C=C/C)[C@@](Cc1ccc([18F])cc1)(OC(=O)CC)[C@H](C)CN(C)C. The van der Waals surface area contributed by atoms with Gasteiger partial charge in [-0.1, -0.05) is 56.9 Å². The second-order valence-electron chi connectivity index (χ2n) is 7.04. The average Bonchev–Trinajstić information content (AvgIpc) is 2.62. The Hall–Kier alpha value is -2.20. The largest absolute Gasteiger partial charge is 0.453 e. The summed E-state index contributed by atoms with van der Waals surface area (Å²) in [5.74, 6) is -0.552. The van der Waals surface area contributed by atoms with E-state index in [1.54, 1.807) is 25.1 Å². The lowest BCUT2D eigenvalue weighted by Crippen LogP contribution is -2.48. The fourth-order valence-corrected chi connectivity index (χ4v) is 3.28. The number of carbonyl (C=O) groups excluding carboxylic acids is 1. The minimum absolute atomic E-state index is 0.00421. The Morgan fingerprint density at radius 3 is 2.44 bits per heavy atom. The second-order valence-corrected chi connectivity index (χ2v) is 7.04. The molecule has 0 amide bonds. The highest BCUT2D eigenvalue weighted by Gasteiger charge is 2.42. The standard InChI is InChI=1S/C23H32FNO2/c1-7-10-20(11-8-2)23(27-22(26)9-3,18(4)17-25(5)6)16-19-12-14-21(24)15-13-19/h7-8,10-15,18H,1,9,16-17H2,2-6H3/b11-8-,20-10+/t18-,23+/m1/s1/i24-1. The van der Waals surface area contributed by atoms with E-state index in [1.807, 2.05) is 39.2 Å². The molecule has 0 saturated carbocycles. The van der Waals surface area contributed by atoms with Crippen molar-refractivity contribution < 1.29 is 13.9 Å². The number of benzene rings is 1. The second kappa shape index (κ2) is 10.8. The number of nitrogens with zero attached hydrogens (tertiary/aromatic N) is 1. The van der Waals surface area contributed by atoms with Crippen molar-refractivity contribution >= 4 is 5.97 Å². The molecule has 3 nitrogen and oxygen atoms in total. The Bertz CT molecular complexity index is 676. The minimum atomic E-state index is -0.879. The van der Waals surface area contributed by atoms with Gasteiger partial charge >= 0.3 is 5.97 Å². The number of halogens is 1. The number of esters is 1. The zero-order valence-electron chi connectivity index (χ0n) is 17.2. The van der Waals surface area contributed by atoms with Crippen LogP contribution < -0.4 is 0 Å². The number of allylic oxidation sites excluding steroid dienone is 3. The molecule has 27 heavy (non-hydrogen) atoms. The highest BCUT2D eigenvalue weighted by molar-refractivity contribution is 5.70. The summed E-state index contributed by atoms with van der Waals surface area (Å²) in [4.78, 5) is 14.5. The number of carbonyl (C=O) groups is 1. The van der Waals surface area contributed by atoms with Gasteiger partial charge in [0.15, 0.2) is 0 Å². The third kappa shape index (κ3) is 6.47. The Labute approximate surface area is 163 Å². The molecular weight excluding hydrogens is 340 g/mol. The van der Waals surface area contributed by atoms with E-state index in [0.717, 1.165) is 17.7 Å². The van der Waals surface area contributed by atoms with Crippen molar-refractivity contribution in [2.75, 3.05) is 20.6 Å². The first-order chi connectivity index (χ1) is 12.8. The van der Waals surface area contributed by atoms with Gasteiger partial charge in [-0.2, -0.15) is 0 Å². The summed E-state index contributed by atoms with van der Waals surface area (Å²) in [6, 6.07) is 6.36. The molecule has 0 radical (unpaired) electrons. The lowest BCUT2D eigenvalue weighted by molar-refractivity contribution is -0.160. The van der Waals surface area contributed by atoms with Gasteiger partial charge < -0.3 is 9.64 Å². The number of ether oxygens (including phenoxy) is 1. The van der Waals surface area contributed by atoms with E-state index < -0.39 is 5.60 Å². The molecule has 1 aromatic carbocycles. The molecule has 0 aliphatic heterocycles. The molecule has 0 unspecified atom stereocenters. The highest BCUT2D eigenvalue weighted by atomic mass is 18.2. The first-order valence-corrected chi connectivity index (χ1v) is 9.36. The molecule has 0 bridgehead atoms. The third-order valence-electron chi connectivity index (χ3n) is 4.53. The first-order valence-electron chi connectivity index (χ1n) is 9.36. The van der Waals surface area contributed by atoms with E-state index in [0.29, 0.717) is 6.42 Å². The maximum Gasteiger partial charge on any atom is 0.306 e. The van der Waals surface area contributed by atoms with Crippen LogP contribution in [0.3, 0.4) is 0 Å². The average molecular weight is 373 g/mol.